The number of hydrogen-bond donors (Lipinski definition) is 4. The summed E-state index contributed by atoms with van der Waals surface area (Å²) in [4.78, 5) is 0. The van der Waals surface area contributed by atoms with E-state index in [1.807, 2.05) is 61.5 Å². The number of terminal acetylenes is 1. The monoisotopic (exact) mass is 760 g/mol. The van der Waals surface area contributed by atoms with Gasteiger partial charge in [-0.1, -0.05) is 130 Å². The third-order valence-corrected chi connectivity index (χ3v) is 9.07. The number of allylic oxidation sites excluding steroid dienone is 1. The molecular formula is C45H68O6Si2. The standard InChI is InChI=1S/C13H18O2.C12H18OSi.C9H10O.C6H12OSi.C5H10O/c1-3-11-4-6-12(7-5-11)8-13(2,9-14)10-15;1-5-11-6-8-12(9-7-11)10-13-14(2,3)4;1-2-8-3-5-9(7-10)6-4-8;1-5-6-7-8(2,3)4;1-2-3-4-5-6/h3-7,14-15H,1,8-10H2,2H3;5-9H,1,10H2,2-4H3;2-6,10H,1,7H2;1H,6H2,2-4H3;2,6H,1,3-5H2. The fourth-order valence-corrected chi connectivity index (χ4v) is 4.84. The average Bonchev–Trinajstić information content (AvgIpc) is 3.16. The van der Waals surface area contributed by atoms with Crippen LogP contribution in [-0.2, 0) is 28.5 Å². The maximum atomic E-state index is 9.17. The van der Waals surface area contributed by atoms with Crippen molar-refractivity contribution in [3.8, 4) is 12.3 Å². The summed E-state index contributed by atoms with van der Waals surface area (Å²) in [6.45, 7) is 30.9. The van der Waals surface area contributed by atoms with E-state index in [0.717, 1.165) is 47.3 Å². The highest BCUT2D eigenvalue weighted by Crippen LogP contribution is 2.21. The molecule has 0 amide bonds. The van der Waals surface area contributed by atoms with Crippen LogP contribution in [0, 0.1) is 17.8 Å². The average molecular weight is 761 g/mol. The molecule has 0 aliphatic rings. The van der Waals surface area contributed by atoms with Gasteiger partial charge in [-0.3, -0.25) is 0 Å². The van der Waals surface area contributed by atoms with E-state index < -0.39 is 22.0 Å². The third kappa shape index (κ3) is 29.5. The van der Waals surface area contributed by atoms with Crippen molar-refractivity contribution < 1.29 is 29.3 Å². The third-order valence-electron chi connectivity index (χ3n) is 7.05. The lowest BCUT2D eigenvalue weighted by Crippen LogP contribution is -2.28. The molecule has 0 saturated heterocycles. The van der Waals surface area contributed by atoms with Crippen LogP contribution in [0.2, 0.25) is 39.3 Å². The van der Waals surface area contributed by atoms with Crippen molar-refractivity contribution in [1.29, 1.82) is 0 Å². The SMILES string of the molecule is C#CCO[Si](C)(C)C.C=CCCCO.C=Cc1ccc(CC(C)(CO)CO)cc1.C=Cc1ccc(CO)cc1.C=Cc1ccc(CO[Si](C)(C)C)cc1. The molecule has 0 fully saturated rings. The van der Waals surface area contributed by atoms with E-state index in [0.29, 0.717) is 13.0 Å². The van der Waals surface area contributed by atoms with Crippen LogP contribution in [0.5, 0.6) is 0 Å². The molecule has 4 N–H and O–H groups in total. The first-order valence-corrected chi connectivity index (χ1v) is 24.7. The molecule has 0 radical (unpaired) electrons. The smallest absolute Gasteiger partial charge is 0.185 e. The van der Waals surface area contributed by atoms with Crippen LogP contribution in [0.1, 0.15) is 53.1 Å². The minimum Gasteiger partial charge on any atom is -0.413 e. The Balaban J connectivity index is 0. The van der Waals surface area contributed by atoms with Gasteiger partial charge in [0, 0.05) is 12.0 Å². The van der Waals surface area contributed by atoms with Gasteiger partial charge >= 0.3 is 0 Å². The summed E-state index contributed by atoms with van der Waals surface area (Å²) in [5, 5.41) is 35.2. The molecule has 0 aromatic heterocycles. The van der Waals surface area contributed by atoms with Crippen LogP contribution in [0.4, 0.5) is 0 Å². The summed E-state index contributed by atoms with van der Waals surface area (Å²) < 4.78 is 11.1. The van der Waals surface area contributed by atoms with Gasteiger partial charge in [0.15, 0.2) is 16.6 Å². The van der Waals surface area contributed by atoms with E-state index in [1.165, 1.54) is 5.56 Å². The molecule has 0 spiro atoms. The molecule has 3 aromatic carbocycles. The van der Waals surface area contributed by atoms with Crippen LogP contribution in [-0.4, -0.2) is 63.5 Å². The highest BCUT2D eigenvalue weighted by molar-refractivity contribution is 6.70. The van der Waals surface area contributed by atoms with Crippen LogP contribution in [0.25, 0.3) is 18.2 Å². The number of hydrogen-bond acceptors (Lipinski definition) is 6. The van der Waals surface area contributed by atoms with Gasteiger partial charge in [0.1, 0.15) is 0 Å². The Morgan fingerprint density at radius 3 is 1.30 bits per heavy atom. The molecule has 0 unspecified atom stereocenters. The molecular weight excluding hydrogens is 693 g/mol. The highest BCUT2D eigenvalue weighted by Gasteiger charge is 2.22. The zero-order valence-electron chi connectivity index (χ0n) is 33.6. The lowest BCUT2D eigenvalue weighted by Gasteiger charge is -2.24. The van der Waals surface area contributed by atoms with E-state index in [-0.39, 0.29) is 26.4 Å². The largest absolute Gasteiger partial charge is 0.413 e. The van der Waals surface area contributed by atoms with E-state index in [9.17, 15) is 10.2 Å². The predicted octanol–water partition coefficient (Wildman–Crippen LogP) is 9.78. The van der Waals surface area contributed by atoms with E-state index >= 15 is 0 Å². The van der Waals surface area contributed by atoms with E-state index in [1.54, 1.807) is 18.2 Å². The molecule has 0 heterocycles. The number of aliphatic hydroxyl groups excluding tert-OH is 4. The van der Waals surface area contributed by atoms with Crippen molar-refractivity contribution in [3.05, 3.63) is 139 Å². The topological polar surface area (TPSA) is 99.4 Å². The van der Waals surface area contributed by atoms with E-state index in [4.69, 9.17) is 25.5 Å². The lowest BCUT2D eigenvalue weighted by molar-refractivity contribution is 0.0704. The molecule has 0 aliphatic heterocycles. The first kappa shape index (κ1) is 51.5. The molecule has 53 heavy (non-hydrogen) atoms. The van der Waals surface area contributed by atoms with Crippen LogP contribution >= 0.6 is 0 Å². The van der Waals surface area contributed by atoms with Crippen molar-refractivity contribution in [2.24, 2.45) is 5.41 Å². The van der Waals surface area contributed by atoms with Gasteiger partial charge < -0.3 is 29.3 Å². The van der Waals surface area contributed by atoms with Gasteiger partial charge in [-0.2, -0.15) is 0 Å². The Morgan fingerprint density at radius 1 is 0.642 bits per heavy atom. The second-order valence-electron chi connectivity index (χ2n) is 14.5. The minimum absolute atomic E-state index is 0.00723. The molecule has 3 rings (SSSR count). The molecule has 8 heteroatoms. The molecule has 292 valence electrons. The fourth-order valence-electron chi connectivity index (χ4n) is 3.73. The second-order valence-corrected chi connectivity index (χ2v) is 23.5. The molecule has 0 atom stereocenters. The van der Waals surface area contributed by atoms with E-state index in [2.05, 4.69) is 95.8 Å². The first-order chi connectivity index (χ1) is 25.0. The van der Waals surface area contributed by atoms with Crippen LogP contribution < -0.4 is 0 Å². The number of rotatable bonds is 16. The predicted molar refractivity (Wildman–Crippen MR) is 234 cm³/mol. The fraction of sp³-hybridized carbons (Fsp3) is 0.378. The lowest BCUT2D eigenvalue weighted by atomic mass is 9.85. The number of benzene rings is 3. The van der Waals surface area contributed by atoms with Crippen molar-refractivity contribution in [2.45, 2.75) is 78.7 Å². The van der Waals surface area contributed by atoms with Crippen molar-refractivity contribution >= 4 is 34.9 Å². The highest BCUT2D eigenvalue weighted by atomic mass is 28.4. The number of unbranched alkanes of at least 4 members (excludes halogenated alkanes) is 1. The van der Waals surface area contributed by atoms with Gasteiger partial charge in [-0.15, -0.1) is 13.0 Å². The second kappa shape index (κ2) is 29.8. The summed E-state index contributed by atoms with van der Waals surface area (Å²) in [7, 11) is -2.70. The van der Waals surface area contributed by atoms with Crippen molar-refractivity contribution in [3.63, 3.8) is 0 Å². The van der Waals surface area contributed by atoms with Crippen LogP contribution in [0.3, 0.4) is 0 Å². The van der Waals surface area contributed by atoms with Gasteiger partial charge in [0.25, 0.3) is 0 Å². The Hall–Kier alpha value is -3.63. The Morgan fingerprint density at radius 2 is 1.04 bits per heavy atom. The van der Waals surface area contributed by atoms with Gasteiger partial charge in [0.2, 0.25) is 0 Å². The minimum atomic E-state index is -1.38. The zero-order chi connectivity index (χ0) is 40.8. The van der Waals surface area contributed by atoms with Gasteiger partial charge in [-0.25, -0.2) is 0 Å². The Labute approximate surface area is 324 Å². The summed E-state index contributed by atoms with van der Waals surface area (Å²) in [5.74, 6) is 2.44. The van der Waals surface area contributed by atoms with Crippen molar-refractivity contribution in [2.75, 3.05) is 26.4 Å². The molecule has 0 bridgehead atoms. The van der Waals surface area contributed by atoms with Gasteiger partial charge in [0.05, 0.1) is 33.0 Å². The normalized spacial score (nSPS) is 10.5. The molecule has 6 nitrogen and oxygen atoms in total. The van der Waals surface area contributed by atoms with Crippen LogP contribution in [0.15, 0.2) is 105 Å². The van der Waals surface area contributed by atoms with Crippen molar-refractivity contribution in [1.82, 2.24) is 0 Å². The number of aliphatic hydroxyl groups is 4. The Kier molecular flexibility index (Phi) is 28.9. The maximum Gasteiger partial charge on any atom is 0.185 e. The van der Waals surface area contributed by atoms with Gasteiger partial charge in [-0.05, 0) is 91.9 Å². The molecule has 0 aliphatic carbocycles. The maximum absolute atomic E-state index is 9.17. The summed E-state index contributed by atoms with van der Waals surface area (Å²) in [6.07, 6.45) is 14.7. The summed E-state index contributed by atoms with van der Waals surface area (Å²) in [6, 6.07) is 23.9. The molecule has 0 saturated carbocycles. The zero-order valence-corrected chi connectivity index (χ0v) is 35.6. The molecule has 3 aromatic rings. The first-order valence-electron chi connectivity index (χ1n) is 17.9. The summed E-state index contributed by atoms with van der Waals surface area (Å²) in [5.41, 5.74) is 6.16. The Bertz CT molecular complexity index is 1430. The summed E-state index contributed by atoms with van der Waals surface area (Å²) >= 11 is 0. The quantitative estimate of drug-likeness (QED) is 0.0503.